The van der Waals surface area contributed by atoms with E-state index in [0.717, 1.165) is 0 Å². The number of esters is 1. The zero-order valence-corrected chi connectivity index (χ0v) is 26.6. The van der Waals surface area contributed by atoms with Crippen LogP contribution in [0, 0.1) is 38.7 Å². The number of fused-ring (bicyclic) bond motifs is 7. The van der Waals surface area contributed by atoms with Gasteiger partial charge in [0.05, 0.1) is 18.8 Å². The van der Waals surface area contributed by atoms with Gasteiger partial charge in [0, 0.05) is 23.2 Å². The smallest absolute Gasteiger partial charge is 0.325 e. The molecule has 2 N–H and O–H groups in total. The Hall–Kier alpha value is -3.23. The number of carbonyl (C=O) groups is 4. The molecule has 0 aromatic heterocycles. The van der Waals surface area contributed by atoms with E-state index in [0.29, 0.717) is 31.3 Å². The summed E-state index contributed by atoms with van der Waals surface area (Å²) in [6.07, 6.45) is 3.53. The van der Waals surface area contributed by atoms with Gasteiger partial charge >= 0.3 is 5.97 Å². The number of carbonyl (C=O) groups excluding carboxylic acids is 4. The van der Waals surface area contributed by atoms with Crippen LogP contribution < -0.4 is 5.32 Å². The van der Waals surface area contributed by atoms with E-state index in [1.807, 2.05) is 13.8 Å². The van der Waals surface area contributed by atoms with Crippen molar-refractivity contribution in [3.05, 3.63) is 33.9 Å². The number of alkyl halides is 1. The number of ketones is 2. The summed E-state index contributed by atoms with van der Waals surface area (Å²) < 4.78 is 33.8. The maximum Gasteiger partial charge on any atom is 0.325 e. The molecule has 4 fully saturated rings. The maximum absolute atomic E-state index is 15.8. The molecule has 0 radical (unpaired) electrons. The summed E-state index contributed by atoms with van der Waals surface area (Å²) in [7, 11) is 0. The Bertz CT molecular complexity index is 1350. The van der Waals surface area contributed by atoms with Gasteiger partial charge in [-0.1, -0.05) is 26.3 Å². The second kappa shape index (κ2) is 12.4. The zero-order chi connectivity index (χ0) is 33.7. The minimum atomic E-state index is -1.57. The van der Waals surface area contributed by atoms with Crippen LogP contribution in [0.3, 0.4) is 0 Å². The third-order valence-corrected chi connectivity index (χ3v) is 10.9. The van der Waals surface area contributed by atoms with Crippen LogP contribution in [0.2, 0.25) is 0 Å². The summed E-state index contributed by atoms with van der Waals surface area (Å²) in [6, 6.07) is 0. The Labute approximate surface area is 266 Å². The molecule has 3 saturated carbocycles. The van der Waals surface area contributed by atoms with Crippen LogP contribution in [0.1, 0.15) is 72.6 Å². The first kappa shape index (κ1) is 34.1. The Morgan fingerprint density at radius 2 is 1.91 bits per heavy atom. The van der Waals surface area contributed by atoms with Crippen LogP contribution in [0.4, 0.5) is 4.39 Å². The molecule has 0 bridgehead atoms. The Morgan fingerprint density at radius 1 is 1.17 bits per heavy atom. The Kier molecular flexibility index (Phi) is 9.21. The monoisotopic (exact) mass is 650 g/mol. The van der Waals surface area contributed by atoms with Crippen molar-refractivity contribution in [1.29, 1.82) is 0 Å². The highest BCUT2D eigenvalue weighted by atomic mass is 19.1. The van der Waals surface area contributed by atoms with Crippen molar-refractivity contribution in [2.24, 2.45) is 28.6 Å². The number of allylic oxidation sites excluding steroid dienone is 4. The predicted molar refractivity (Wildman–Crippen MR) is 157 cm³/mol. The molecule has 5 aliphatic rings. The predicted octanol–water partition coefficient (Wildman–Crippen LogP) is 2.71. The summed E-state index contributed by atoms with van der Waals surface area (Å²) >= 11 is 0. The first-order valence-corrected chi connectivity index (χ1v) is 15.9. The maximum atomic E-state index is 15.8. The van der Waals surface area contributed by atoms with Gasteiger partial charge in [0.15, 0.2) is 23.8 Å². The standard InChI is InChI=1S/C32H43FN2O11/c1-29(2)45-25-14-20-19-13-22(33)21-12-18(36)9-10-30(21,3)28(19)23(37)15-31(20,4)32(25,46-29)24(38)17-43-27(40)16-34-26(39)8-6-5-7-11-44-35(41)42/h9-10,12,19-20,22-23,25,28,37H,5-8,11,13-17H2,1-4H3,(H,34,39)/t19-,20-,22-,23-,25+,28+,30-,31-,32+/m0/s1. The topological polar surface area (TPSA) is 181 Å². The van der Waals surface area contributed by atoms with Crippen LogP contribution in [0.5, 0.6) is 0 Å². The highest BCUT2D eigenvalue weighted by molar-refractivity contribution is 6.01. The number of aliphatic hydroxyl groups is 1. The van der Waals surface area contributed by atoms with Gasteiger partial charge in [0.2, 0.25) is 11.7 Å². The summed E-state index contributed by atoms with van der Waals surface area (Å²) in [6.45, 7) is 5.95. The van der Waals surface area contributed by atoms with Crippen LogP contribution in [0.15, 0.2) is 23.8 Å². The van der Waals surface area contributed by atoms with Crippen molar-refractivity contribution in [2.45, 2.75) is 102 Å². The van der Waals surface area contributed by atoms with Crippen molar-refractivity contribution in [3.63, 3.8) is 0 Å². The molecule has 1 saturated heterocycles. The van der Waals surface area contributed by atoms with E-state index in [1.165, 1.54) is 12.2 Å². The Balaban J connectivity index is 1.25. The van der Waals surface area contributed by atoms with Crippen molar-refractivity contribution >= 4 is 23.4 Å². The number of nitrogens with zero attached hydrogens (tertiary/aromatic N) is 1. The average Bonchev–Trinajstić information content (AvgIpc) is 3.38. The molecule has 5 rings (SSSR count). The fourth-order valence-corrected chi connectivity index (χ4v) is 9.20. The number of unbranched alkanes of at least 4 members (excludes halogenated alkanes) is 2. The lowest BCUT2D eigenvalue weighted by Crippen LogP contribution is -2.64. The van der Waals surface area contributed by atoms with Crippen LogP contribution in [-0.4, -0.2) is 83.2 Å². The normalized spacial score (nSPS) is 38.5. The first-order chi connectivity index (χ1) is 21.5. The van der Waals surface area contributed by atoms with E-state index < -0.39 is 76.5 Å². The van der Waals surface area contributed by atoms with Crippen LogP contribution >= 0.6 is 0 Å². The summed E-state index contributed by atoms with van der Waals surface area (Å²) in [5, 5.41) is 23.5. The number of nitrogens with one attached hydrogen (secondary N) is 1. The number of hydrogen-bond acceptors (Lipinski definition) is 11. The highest BCUT2D eigenvalue weighted by Gasteiger charge is 2.77. The van der Waals surface area contributed by atoms with Crippen molar-refractivity contribution in [2.75, 3.05) is 19.8 Å². The number of aliphatic hydroxyl groups excluding tert-OH is 1. The number of rotatable bonds is 12. The molecule has 13 nitrogen and oxygen atoms in total. The summed E-state index contributed by atoms with van der Waals surface area (Å²) in [4.78, 5) is 65.3. The number of Topliss-reactive ketones (excluding diaryl/α,β-unsaturated/α-hetero) is 1. The van der Waals surface area contributed by atoms with Crippen molar-refractivity contribution < 1.29 is 52.8 Å². The van der Waals surface area contributed by atoms with Gasteiger partial charge in [-0.05, 0) is 75.5 Å². The first-order valence-electron chi connectivity index (χ1n) is 15.9. The van der Waals surface area contributed by atoms with Gasteiger partial charge in [-0.15, -0.1) is 10.1 Å². The largest absolute Gasteiger partial charge is 0.456 e. The van der Waals surface area contributed by atoms with E-state index in [4.69, 9.17) is 14.2 Å². The third kappa shape index (κ3) is 5.87. The molecule has 1 aliphatic heterocycles. The molecule has 0 aromatic rings. The van der Waals surface area contributed by atoms with E-state index in [9.17, 15) is 34.4 Å². The summed E-state index contributed by atoms with van der Waals surface area (Å²) in [5.41, 5.74) is -3.04. The molecule has 0 unspecified atom stereocenters. The lowest BCUT2D eigenvalue weighted by molar-refractivity contribution is -0.757. The fourth-order valence-electron chi connectivity index (χ4n) is 9.20. The van der Waals surface area contributed by atoms with E-state index in [-0.39, 0.29) is 49.4 Å². The zero-order valence-electron chi connectivity index (χ0n) is 26.6. The summed E-state index contributed by atoms with van der Waals surface area (Å²) in [5.74, 6) is -4.18. The minimum Gasteiger partial charge on any atom is -0.456 e. The van der Waals surface area contributed by atoms with Gasteiger partial charge in [-0.2, -0.15) is 0 Å². The fraction of sp³-hybridized carbons (Fsp3) is 0.750. The second-order valence-electron chi connectivity index (χ2n) is 14.1. The third-order valence-electron chi connectivity index (χ3n) is 10.9. The van der Waals surface area contributed by atoms with E-state index in [2.05, 4.69) is 10.2 Å². The molecule has 0 aromatic carbocycles. The van der Waals surface area contributed by atoms with Crippen molar-refractivity contribution in [1.82, 2.24) is 5.32 Å². The lowest BCUT2D eigenvalue weighted by Gasteiger charge is -2.60. The molecule has 4 aliphatic carbocycles. The van der Waals surface area contributed by atoms with Gasteiger partial charge in [-0.25, -0.2) is 4.39 Å². The van der Waals surface area contributed by atoms with Crippen LogP contribution in [0.25, 0.3) is 0 Å². The molecule has 254 valence electrons. The molecular formula is C32H43FN2O11. The van der Waals surface area contributed by atoms with E-state index in [1.54, 1.807) is 19.9 Å². The highest BCUT2D eigenvalue weighted by Crippen LogP contribution is 2.70. The Morgan fingerprint density at radius 3 is 2.63 bits per heavy atom. The number of ether oxygens (including phenoxy) is 3. The molecule has 1 heterocycles. The molecule has 1 amide bonds. The van der Waals surface area contributed by atoms with Crippen molar-refractivity contribution in [3.8, 4) is 0 Å². The van der Waals surface area contributed by atoms with Crippen LogP contribution in [-0.2, 0) is 38.2 Å². The second-order valence-corrected chi connectivity index (χ2v) is 14.1. The average molecular weight is 651 g/mol. The molecule has 46 heavy (non-hydrogen) atoms. The van der Waals surface area contributed by atoms with Gasteiger partial charge < -0.3 is 29.5 Å². The van der Waals surface area contributed by atoms with Gasteiger partial charge in [0.1, 0.15) is 12.7 Å². The van der Waals surface area contributed by atoms with Gasteiger partial charge in [0.25, 0.3) is 5.09 Å². The van der Waals surface area contributed by atoms with Gasteiger partial charge in [-0.3, -0.25) is 19.2 Å². The number of hydrogen-bond donors (Lipinski definition) is 2. The SMILES string of the molecule is CC1(C)O[C@@H]2C[C@H]3[C@@H]4C[C@H](F)C5=CC(=O)C=C[C@]5(C)[C@H]4[C@@H](O)C[C@]3(C)[C@]2(C(=O)COC(=O)CNC(=O)CCCCCO[N+](=O)[O-])O1. The molecule has 9 atom stereocenters. The van der Waals surface area contributed by atoms with E-state index >= 15 is 4.39 Å². The lowest BCUT2D eigenvalue weighted by atomic mass is 9.46. The number of amides is 1. The molecule has 14 heteroatoms. The molecular weight excluding hydrogens is 607 g/mol. The number of halogens is 1. The molecule has 0 spiro atoms. The minimum absolute atomic E-state index is 0.0587. The quantitative estimate of drug-likeness (QED) is 0.137.